The van der Waals surface area contributed by atoms with E-state index in [-0.39, 0.29) is 16.6 Å². The smallest absolute Gasteiger partial charge is 0.283 e. The number of hydrogen-bond donors (Lipinski definition) is 2. The second-order valence-electron chi connectivity index (χ2n) is 8.52. The van der Waals surface area contributed by atoms with Gasteiger partial charge < -0.3 is 15.4 Å². The molecule has 0 aromatic heterocycles. The lowest BCUT2D eigenvalue weighted by molar-refractivity contribution is -0.120. The number of rotatable bonds is 10. The highest BCUT2D eigenvalue weighted by Gasteiger charge is 2.39. The first-order chi connectivity index (χ1) is 17.9. The van der Waals surface area contributed by atoms with Gasteiger partial charge in [0.25, 0.3) is 17.7 Å². The zero-order chi connectivity index (χ0) is 26.4. The summed E-state index contributed by atoms with van der Waals surface area (Å²) in [5.74, 6) is -0.798. The van der Waals surface area contributed by atoms with Crippen LogP contribution in [0.2, 0.25) is 0 Å². The van der Waals surface area contributed by atoms with Crippen LogP contribution in [0.25, 0.3) is 0 Å². The number of benzene rings is 3. The van der Waals surface area contributed by atoms with Crippen LogP contribution in [0.1, 0.15) is 42.6 Å². The number of amides is 3. The molecule has 2 N–H and O–H groups in total. The molecule has 7 nitrogen and oxygen atoms in total. The molecule has 190 valence electrons. The molecule has 3 aromatic rings. The molecule has 8 heteroatoms. The van der Waals surface area contributed by atoms with Crippen molar-refractivity contribution in [3.63, 3.8) is 0 Å². The van der Waals surface area contributed by atoms with Crippen molar-refractivity contribution >= 4 is 46.4 Å². The Balaban J connectivity index is 1.40. The standard InChI is InChI=1S/C29H28ClN3O4/c1-3-5-6-19-7-11-22(12-8-19)32-27(34)20-9-13-21(14-10-20)31-26-25(30)28(35)33(29(26)36)23-15-17-24(18-16-23)37-4-2/h7-18,31H,3-6H2,1-2H3,(H,32,34). The fourth-order valence-electron chi connectivity index (χ4n) is 3.89. The summed E-state index contributed by atoms with van der Waals surface area (Å²) in [5, 5.41) is 5.60. The van der Waals surface area contributed by atoms with Crippen molar-refractivity contribution in [2.24, 2.45) is 0 Å². The van der Waals surface area contributed by atoms with Crippen molar-refractivity contribution in [3.8, 4) is 5.75 Å². The largest absolute Gasteiger partial charge is 0.494 e. The molecule has 0 bridgehead atoms. The Kier molecular flexibility index (Phi) is 8.25. The molecule has 1 heterocycles. The Bertz CT molecular complexity index is 1320. The molecular weight excluding hydrogens is 490 g/mol. The average Bonchev–Trinajstić information content (AvgIpc) is 3.12. The molecule has 0 atom stereocenters. The van der Waals surface area contributed by atoms with Gasteiger partial charge in [-0.05, 0) is 86.0 Å². The van der Waals surface area contributed by atoms with Crippen LogP contribution in [0.15, 0.2) is 83.5 Å². The van der Waals surface area contributed by atoms with E-state index in [2.05, 4.69) is 17.6 Å². The Morgan fingerprint density at radius 2 is 1.51 bits per heavy atom. The third-order valence-corrected chi connectivity index (χ3v) is 6.23. The second-order valence-corrected chi connectivity index (χ2v) is 8.90. The number of ether oxygens (including phenoxy) is 1. The minimum Gasteiger partial charge on any atom is -0.494 e. The van der Waals surface area contributed by atoms with Gasteiger partial charge in [0.15, 0.2) is 0 Å². The van der Waals surface area contributed by atoms with Gasteiger partial charge in [0.05, 0.1) is 12.3 Å². The van der Waals surface area contributed by atoms with E-state index in [1.807, 2.05) is 31.2 Å². The van der Waals surface area contributed by atoms with Crippen LogP contribution in [0.5, 0.6) is 5.75 Å². The molecule has 0 unspecified atom stereocenters. The van der Waals surface area contributed by atoms with E-state index in [4.69, 9.17) is 16.3 Å². The lowest BCUT2D eigenvalue weighted by atomic mass is 10.1. The number of carbonyl (C=O) groups is 3. The van der Waals surface area contributed by atoms with Crippen molar-refractivity contribution in [3.05, 3.63) is 94.7 Å². The minimum atomic E-state index is -0.616. The van der Waals surface area contributed by atoms with Crippen molar-refractivity contribution < 1.29 is 19.1 Å². The lowest BCUT2D eigenvalue weighted by Gasteiger charge is -2.15. The van der Waals surface area contributed by atoms with E-state index in [9.17, 15) is 14.4 Å². The predicted octanol–water partition coefficient (Wildman–Crippen LogP) is 6.12. The molecule has 0 saturated heterocycles. The number of carbonyl (C=O) groups excluding carboxylic acids is 3. The maximum atomic E-state index is 13.0. The van der Waals surface area contributed by atoms with Crippen molar-refractivity contribution in [2.45, 2.75) is 33.1 Å². The van der Waals surface area contributed by atoms with Gasteiger partial charge in [-0.2, -0.15) is 0 Å². The summed E-state index contributed by atoms with van der Waals surface area (Å²) < 4.78 is 5.41. The highest BCUT2D eigenvalue weighted by molar-refractivity contribution is 6.53. The van der Waals surface area contributed by atoms with E-state index in [0.717, 1.165) is 24.2 Å². The summed E-state index contributed by atoms with van der Waals surface area (Å²) in [6, 6.07) is 21.0. The SMILES string of the molecule is CCCCc1ccc(NC(=O)c2ccc(NC3=C(Cl)C(=O)N(c4ccc(OCC)cc4)C3=O)cc2)cc1. The monoisotopic (exact) mass is 517 g/mol. The van der Waals surface area contributed by atoms with Crippen LogP contribution < -0.4 is 20.3 Å². The van der Waals surface area contributed by atoms with Crippen LogP contribution in [0.3, 0.4) is 0 Å². The first kappa shape index (κ1) is 26.0. The lowest BCUT2D eigenvalue weighted by Crippen LogP contribution is -2.32. The maximum Gasteiger partial charge on any atom is 0.283 e. The number of nitrogens with one attached hydrogen (secondary N) is 2. The molecule has 3 amide bonds. The first-order valence-corrected chi connectivity index (χ1v) is 12.6. The molecule has 0 saturated carbocycles. The van der Waals surface area contributed by atoms with E-state index < -0.39 is 11.8 Å². The third-order valence-electron chi connectivity index (χ3n) is 5.88. The summed E-state index contributed by atoms with van der Waals surface area (Å²) in [4.78, 5) is 39.4. The molecule has 3 aromatic carbocycles. The Morgan fingerprint density at radius 1 is 0.865 bits per heavy atom. The quantitative estimate of drug-likeness (QED) is 0.316. The Labute approximate surface area is 221 Å². The van der Waals surface area contributed by atoms with E-state index in [1.54, 1.807) is 48.5 Å². The molecular formula is C29H28ClN3O4. The molecule has 0 aliphatic carbocycles. The van der Waals surface area contributed by atoms with Crippen LogP contribution in [-0.4, -0.2) is 24.3 Å². The van der Waals surface area contributed by atoms with Crippen LogP contribution in [0.4, 0.5) is 17.1 Å². The Morgan fingerprint density at radius 3 is 2.14 bits per heavy atom. The van der Waals surface area contributed by atoms with Gasteiger partial charge in [0, 0.05) is 16.9 Å². The second kappa shape index (κ2) is 11.8. The molecule has 37 heavy (non-hydrogen) atoms. The van der Waals surface area contributed by atoms with Gasteiger partial charge in [-0.15, -0.1) is 0 Å². The normalized spacial score (nSPS) is 13.2. The number of aryl methyl sites for hydroxylation is 1. The summed E-state index contributed by atoms with van der Waals surface area (Å²) in [5.41, 5.74) is 3.28. The van der Waals surface area contributed by atoms with Gasteiger partial charge in [-0.1, -0.05) is 37.1 Å². The van der Waals surface area contributed by atoms with Gasteiger partial charge in [-0.3, -0.25) is 14.4 Å². The van der Waals surface area contributed by atoms with E-state index in [1.165, 1.54) is 5.56 Å². The number of imide groups is 1. The fourth-order valence-corrected chi connectivity index (χ4v) is 4.10. The van der Waals surface area contributed by atoms with Crippen LogP contribution >= 0.6 is 11.6 Å². The van der Waals surface area contributed by atoms with Crippen molar-refractivity contribution in [2.75, 3.05) is 22.1 Å². The topological polar surface area (TPSA) is 87.7 Å². The molecule has 0 radical (unpaired) electrons. The van der Waals surface area contributed by atoms with Crippen molar-refractivity contribution in [1.29, 1.82) is 0 Å². The number of nitrogens with zero attached hydrogens (tertiary/aromatic N) is 1. The zero-order valence-electron chi connectivity index (χ0n) is 20.7. The van der Waals surface area contributed by atoms with Gasteiger partial charge in [0.2, 0.25) is 0 Å². The summed E-state index contributed by atoms with van der Waals surface area (Å²) in [7, 11) is 0. The van der Waals surface area contributed by atoms with Crippen LogP contribution in [0, 0.1) is 0 Å². The third kappa shape index (κ3) is 6.01. The molecule has 1 aliphatic heterocycles. The molecule has 4 rings (SSSR count). The minimum absolute atomic E-state index is 0.0269. The number of hydrogen-bond acceptors (Lipinski definition) is 5. The molecule has 1 aliphatic rings. The number of anilines is 3. The average molecular weight is 518 g/mol. The molecule has 0 spiro atoms. The van der Waals surface area contributed by atoms with Crippen molar-refractivity contribution in [1.82, 2.24) is 0 Å². The first-order valence-electron chi connectivity index (χ1n) is 12.2. The van der Waals surface area contributed by atoms with Gasteiger partial charge >= 0.3 is 0 Å². The van der Waals surface area contributed by atoms with Gasteiger partial charge in [0.1, 0.15) is 16.5 Å². The number of unbranched alkanes of at least 4 members (excludes halogenated alkanes) is 1. The predicted molar refractivity (Wildman–Crippen MR) is 146 cm³/mol. The molecule has 0 fully saturated rings. The summed E-state index contributed by atoms with van der Waals surface area (Å²) >= 11 is 6.23. The van der Waals surface area contributed by atoms with Gasteiger partial charge in [-0.25, -0.2) is 4.90 Å². The fraction of sp³-hybridized carbons (Fsp3) is 0.207. The zero-order valence-corrected chi connectivity index (χ0v) is 21.5. The van der Waals surface area contributed by atoms with Crippen LogP contribution in [-0.2, 0) is 16.0 Å². The maximum absolute atomic E-state index is 13.0. The van der Waals surface area contributed by atoms with E-state index in [0.29, 0.717) is 35.0 Å². The number of halogens is 1. The van der Waals surface area contributed by atoms with E-state index >= 15 is 0 Å². The Hall–Kier alpha value is -4.10. The summed E-state index contributed by atoms with van der Waals surface area (Å²) in [6.45, 7) is 4.54. The summed E-state index contributed by atoms with van der Waals surface area (Å²) in [6.07, 6.45) is 3.29. The highest BCUT2D eigenvalue weighted by atomic mass is 35.5. The highest BCUT2D eigenvalue weighted by Crippen LogP contribution is 2.31.